The van der Waals surface area contributed by atoms with Gasteiger partial charge in [-0.25, -0.2) is 4.79 Å². The Morgan fingerprint density at radius 3 is 2.38 bits per heavy atom. The first-order valence-electron chi connectivity index (χ1n) is 11.1. The number of benzene rings is 2. The topological polar surface area (TPSA) is 146 Å². The van der Waals surface area contributed by atoms with Gasteiger partial charge >= 0.3 is 12.1 Å². The Morgan fingerprint density at radius 1 is 1.03 bits per heavy atom. The number of aliphatic carboxylic acids is 1. The van der Waals surface area contributed by atoms with E-state index < -0.39 is 29.9 Å². The molecule has 34 heavy (non-hydrogen) atoms. The zero-order chi connectivity index (χ0) is 23.7. The number of fused-ring (bicyclic) bond motifs is 3. The van der Waals surface area contributed by atoms with Gasteiger partial charge in [0.25, 0.3) is 11.9 Å². The van der Waals surface area contributed by atoms with Gasteiger partial charge in [-0.05, 0) is 35.1 Å². The van der Waals surface area contributed by atoms with E-state index in [2.05, 4.69) is 37.9 Å². The number of nitrogens with zero attached hydrogens (tertiary/aromatic N) is 2. The summed E-state index contributed by atoms with van der Waals surface area (Å²) in [5, 5.41) is 20.7. The molecule has 3 aromatic rings. The van der Waals surface area contributed by atoms with Crippen LogP contribution in [0.3, 0.4) is 0 Å². The Labute approximate surface area is 194 Å². The first kappa shape index (κ1) is 21.6. The molecule has 0 saturated heterocycles. The first-order valence-corrected chi connectivity index (χ1v) is 11.1. The van der Waals surface area contributed by atoms with Crippen molar-refractivity contribution in [2.45, 2.75) is 31.2 Å². The summed E-state index contributed by atoms with van der Waals surface area (Å²) >= 11 is 0. The van der Waals surface area contributed by atoms with Crippen LogP contribution in [0.25, 0.3) is 11.1 Å². The van der Waals surface area contributed by atoms with Gasteiger partial charge in [0.2, 0.25) is 5.82 Å². The molecular formula is C24H23N5O5. The van der Waals surface area contributed by atoms with E-state index in [-0.39, 0.29) is 24.3 Å². The van der Waals surface area contributed by atoms with Crippen LogP contribution in [-0.4, -0.2) is 50.9 Å². The van der Waals surface area contributed by atoms with E-state index >= 15 is 0 Å². The molecule has 0 radical (unpaired) electrons. The number of carbonyl (C=O) groups is 3. The number of carbonyl (C=O) groups excluding carboxylic acids is 2. The molecule has 0 aliphatic heterocycles. The number of hydrogen-bond donors (Lipinski definition) is 4. The number of aromatic nitrogens is 3. The largest absolute Gasteiger partial charge is 0.481 e. The number of ether oxygens (including phenoxy) is 1. The second-order valence-corrected chi connectivity index (χ2v) is 8.41. The predicted molar refractivity (Wildman–Crippen MR) is 121 cm³/mol. The molecule has 1 aromatic heterocycles. The summed E-state index contributed by atoms with van der Waals surface area (Å²) in [6.07, 6.45) is 1.09. The molecule has 1 fully saturated rings. The Kier molecular flexibility index (Phi) is 5.70. The SMILES string of the molecule is O=C(Nc1n[nH]c(C(=O)NC2CCCC2C(=O)O)n1)OCC1c2ccccc2-c2ccccc21. The molecule has 2 aromatic carbocycles. The molecule has 2 atom stereocenters. The highest BCUT2D eigenvalue weighted by molar-refractivity contribution is 5.92. The lowest BCUT2D eigenvalue weighted by Gasteiger charge is -2.16. The quantitative estimate of drug-likeness (QED) is 0.441. The minimum Gasteiger partial charge on any atom is -0.481 e. The number of carboxylic acid groups (broad SMARTS) is 1. The fourth-order valence-electron chi connectivity index (χ4n) is 4.81. The first-order chi connectivity index (χ1) is 16.5. The maximum atomic E-state index is 12.4. The molecule has 10 heteroatoms. The zero-order valence-electron chi connectivity index (χ0n) is 18.2. The average molecular weight is 461 g/mol. The van der Waals surface area contributed by atoms with Gasteiger partial charge in [-0.1, -0.05) is 55.0 Å². The van der Waals surface area contributed by atoms with Crippen LogP contribution in [0.15, 0.2) is 48.5 Å². The van der Waals surface area contributed by atoms with Crippen molar-refractivity contribution in [1.29, 1.82) is 0 Å². The molecule has 174 valence electrons. The predicted octanol–water partition coefficient (Wildman–Crippen LogP) is 3.15. The van der Waals surface area contributed by atoms with Crippen LogP contribution in [-0.2, 0) is 9.53 Å². The van der Waals surface area contributed by atoms with Crippen molar-refractivity contribution in [3.8, 4) is 11.1 Å². The van der Waals surface area contributed by atoms with Crippen LogP contribution < -0.4 is 10.6 Å². The van der Waals surface area contributed by atoms with Crippen molar-refractivity contribution < 1.29 is 24.2 Å². The Balaban J connectivity index is 1.19. The van der Waals surface area contributed by atoms with Crippen molar-refractivity contribution in [3.63, 3.8) is 0 Å². The molecule has 2 aliphatic rings. The molecule has 5 rings (SSSR count). The Morgan fingerprint density at radius 2 is 1.71 bits per heavy atom. The summed E-state index contributed by atoms with van der Waals surface area (Å²) in [7, 11) is 0. The molecule has 2 amide bonds. The lowest BCUT2D eigenvalue weighted by Crippen LogP contribution is -2.40. The fraction of sp³-hybridized carbons (Fsp3) is 0.292. The highest BCUT2D eigenvalue weighted by atomic mass is 16.5. The minimum absolute atomic E-state index is 0.0831. The highest BCUT2D eigenvalue weighted by Crippen LogP contribution is 2.44. The number of amides is 2. The maximum absolute atomic E-state index is 12.4. The molecule has 0 spiro atoms. The van der Waals surface area contributed by atoms with E-state index in [0.29, 0.717) is 12.8 Å². The number of carboxylic acids is 1. The van der Waals surface area contributed by atoms with Crippen LogP contribution in [0.4, 0.5) is 10.7 Å². The van der Waals surface area contributed by atoms with Crippen molar-refractivity contribution in [3.05, 3.63) is 65.5 Å². The van der Waals surface area contributed by atoms with Gasteiger partial charge in [0.05, 0.1) is 5.92 Å². The maximum Gasteiger partial charge on any atom is 0.414 e. The zero-order valence-corrected chi connectivity index (χ0v) is 18.2. The molecule has 4 N–H and O–H groups in total. The third kappa shape index (κ3) is 4.09. The molecule has 1 saturated carbocycles. The normalized spacial score (nSPS) is 18.7. The molecule has 10 nitrogen and oxygen atoms in total. The fourth-order valence-corrected chi connectivity index (χ4v) is 4.81. The summed E-state index contributed by atoms with van der Waals surface area (Å²) in [5.74, 6) is -2.44. The van der Waals surface area contributed by atoms with Crippen molar-refractivity contribution in [1.82, 2.24) is 20.5 Å². The van der Waals surface area contributed by atoms with Gasteiger partial charge in [-0.15, -0.1) is 5.10 Å². The van der Waals surface area contributed by atoms with Crippen LogP contribution in [0.1, 0.15) is 46.9 Å². The van der Waals surface area contributed by atoms with E-state index in [4.69, 9.17) is 4.74 Å². The number of rotatable bonds is 6. The van der Waals surface area contributed by atoms with Crippen LogP contribution in [0.5, 0.6) is 0 Å². The smallest absolute Gasteiger partial charge is 0.414 e. The van der Waals surface area contributed by atoms with Crippen LogP contribution in [0, 0.1) is 5.92 Å². The van der Waals surface area contributed by atoms with Gasteiger partial charge in [-0.2, -0.15) is 4.98 Å². The minimum atomic E-state index is -0.932. The average Bonchev–Trinajstić information content (AvgIpc) is 3.56. The van der Waals surface area contributed by atoms with Gasteiger partial charge in [0.1, 0.15) is 6.61 Å². The summed E-state index contributed by atoms with van der Waals surface area (Å²) in [6.45, 7) is 0.135. The summed E-state index contributed by atoms with van der Waals surface area (Å²) in [5.41, 5.74) is 4.45. The Bertz CT molecular complexity index is 1210. The lowest BCUT2D eigenvalue weighted by atomic mass is 9.98. The number of H-pyrrole nitrogens is 1. The Hall–Kier alpha value is -4.21. The van der Waals surface area contributed by atoms with Crippen molar-refractivity contribution in [2.24, 2.45) is 5.92 Å². The van der Waals surface area contributed by atoms with Gasteiger partial charge < -0.3 is 15.2 Å². The number of hydrogen-bond acceptors (Lipinski definition) is 6. The lowest BCUT2D eigenvalue weighted by molar-refractivity contribution is -0.142. The summed E-state index contributed by atoms with van der Waals surface area (Å²) in [4.78, 5) is 40.1. The van der Waals surface area contributed by atoms with E-state index in [1.54, 1.807) is 0 Å². The van der Waals surface area contributed by atoms with E-state index in [1.807, 2.05) is 36.4 Å². The molecule has 1 heterocycles. The van der Waals surface area contributed by atoms with Crippen LogP contribution >= 0.6 is 0 Å². The second-order valence-electron chi connectivity index (χ2n) is 8.41. The summed E-state index contributed by atoms with van der Waals surface area (Å²) < 4.78 is 5.45. The second kappa shape index (κ2) is 8.97. The number of aromatic amines is 1. The van der Waals surface area contributed by atoms with Gasteiger partial charge in [0, 0.05) is 12.0 Å². The summed E-state index contributed by atoms with van der Waals surface area (Å²) in [6, 6.07) is 15.6. The monoisotopic (exact) mass is 461 g/mol. The molecule has 2 aliphatic carbocycles. The van der Waals surface area contributed by atoms with Crippen LogP contribution in [0.2, 0.25) is 0 Å². The van der Waals surface area contributed by atoms with Gasteiger partial charge in [0.15, 0.2) is 0 Å². The van der Waals surface area contributed by atoms with Crippen molar-refractivity contribution in [2.75, 3.05) is 11.9 Å². The van der Waals surface area contributed by atoms with E-state index in [9.17, 15) is 19.5 Å². The molecule has 0 bridgehead atoms. The number of anilines is 1. The molecule has 2 unspecified atom stereocenters. The highest BCUT2D eigenvalue weighted by Gasteiger charge is 2.34. The molecular weight excluding hydrogens is 438 g/mol. The van der Waals surface area contributed by atoms with Crippen molar-refractivity contribution >= 4 is 23.9 Å². The van der Waals surface area contributed by atoms with E-state index in [0.717, 1.165) is 28.7 Å². The third-order valence-electron chi connectivity index (χ3n) is 6.41. The number of nitrogens with one attached hydrogen (secondary N) is 3. The third-order valence-corrected chi connectivity index (χ3v) is 6.41. The standard InChI is InChI=1S/C24H23N5O5/c30-21(25-19-11-5-10-17(19)22(31)32)20-26-23(29-28-20)27-24(33)34-12-18-15-8-3-1-6-13(15)14-7-2-4-9-16(14)18/h1-4,6-9,17-19H,5,10-12H2,(H,25,30)(H,31,32)(H2,26,27,28,29,33). The van der Waals surface area contributed by atoms with Gasteiger partial charge in [-0.3, -0.25) is 20.0 Å². The van der Waals surface area contributed by atoms with E-state index in [1.165, 1.54) is 0 Å².